The Kier molecular flexibility index (Phi) is 4.52. The van der Waals surface area contributed by atoms with Crippen molar-refractivity contribution in [2.45, 2.75) is 39.4 Å². The molecule has 1 aromatic carbocycles. The zero-order valence-corrected chi connectivity index (χ0v) is 12.9. The third-order valence-corrected chi connectivity index (χ3v) is 4.04. The second-order valence-corrected chi connectivity index (χ2v) is 5.98. The van der Waals surface area contributed by atoms with Gasteiger partial charge < -0.3 is 10.2 Å². The molecule has 4 nitrogen and oxygen atoms in total. The summed E-state index contributed by atoms with van der Waals surface area (Å²) >= 11 is 5.95. The third-order valence-electron chi connectivity index (χ3n) is 3.62. The Balaban J connectivity index is 2.35. The Labute approximate surface area is 128 Å². The van der Waals surface area contributed by atoms with Crippen molar-refractivity contribution in [3.63, 3.8) is 0 Å². The van der Waals surface area contributed by atoms with Gasteiger partial charge in [0.05, 0.1) is 5.02 Å². The first kappa shape index (κ1) is 15.8. The van der Waals surface area contributed by atoms with E-state index in [0.29, 0.717) is 5.56 Å². The molecule has 1 aliphatic rings. The van der Waals surface area contributed by atoms with Crippen LogP contribution in [0.4, 0.5) is 4.39 Å². The molecule has 2 atom stereocenters. The van der Waals surface area contributed by atoms with Crippen LogP contribution in [0, 0.1) is 11.7 Å². The summed E-state index contributed by atoms with van der Waals surface area (Å²) in [6.45, 7) is 5.49. The number of rotatable bonds is 3. The Morgan fingerprint density at radius 3 is 2.67 bits per heavy atom. The number of hydrogen-bond acceptors (Lipinski definition) is 2. The summed E-state index contributed by atoms with van der Waals surface area (Å²) in [5.41, 5.74) is 0.498. The van der Waals surface area contributed by atoms with E-state index in [9.17, 15) is 14.0 Å². The van der Waals surface area contributed by atoms with E-state index in [1.807, 2.05) is 13.8 Å². The summed E-state index contributed by atoms with van der Waals surface area (Å²) in [7, 11) is 0. The highest BCUT2D eigenvalue weighted by atomic mass is 35.5. The predicted molar refractivity (Wildman–Crippen MR) is 78.2 cm³/mol. The van der Waals surface area contributed by atoms with Crippen molar-refractivity contribution in [3.8, 4) is 0 Å². The molecular weight excluding hydrogens is 295 g/mol. The molecule has 1 fully saturated rings. The van der Waals surface area contributed by atoms with Crippen LogP contribution in [-0.4, -0.2) is 28.8 Å². The molecule has 0 spiro atoms. The molecule has 1 saturated heterocycles. The van der Waals surface area contributed by atoms with Gasteiger partial charge in [0.15, 0.2) is 0 Å². The van der Waals surface area contributed by atoms with Crippen LogP contribution in [0.3, 0.4) is 0 Å². The number of benzene rings is 1. The van der Waals surface area contributed by atoms with Gasteiger partial charge in [-0.3, -0.25) is 9.59 Å². The average Bonchev–Trinajstić information content (AvgIpc) is 2.40. The van der Waals surface area contributed by atoms with Crippen LogP contribution in [0.25, 0.3) is 0 Å². The second kappa shape index (κ2) is 6.02. The molecule has 2 amide bonds. The van der Waals surface area contributed by atoms with Gasteiger partial charge in [-0.25, -0.2) is 4.39 Å². The van der Waals surface area contributed by atoms with Gasteiger partial charge in [-0.1, -0.05) is 37.6 Å². The molecule has 0 aliphatic carbocycles. The molecule has 0 bridgehead atoms. The number of halogens is 2. The first-order chi connectivity index (χ1) is 9.82. The van der Waals surface area contributed by atoms with E-state index in [4.69, 9.17) is 11.6 Å². The topological polar surface area (TPSA) is 49.4 Å². The van der Waals surface area contributed by atoms with Gasteiger partial charge in [0, 0.05) is 6.54 Å². The first-order valence-electron chi connectivity index (χ1n) is 6.86. The molecule has 21 heavy (non-hydrogen) atoms. The first-order valence-corrected chi connectivity index (χ1v) is 7.24. The van der Waals surface area contributed by atoms with Gasteiger partial charge in [-0.15, -0.1) is 0 Å². The van der Waals surface area contributed by atoms with E-state index in [1.54, 1.807) is 19.1 Å². The minimum Gasteiger partial charge on any atom is -0.343 e. The lowest BCUT2D eigenvalue weighted by Gasteiger charge is -2.40. The summed E-state index contributed by atoms with van der Waals surface area (Å²) in [5, 5.41) is 2.66. The maximum atomic E-state index is 13.5. The average molecular weight is 313 g/mol. The standard InChI is InChI=1S/C15H18ClFN2O2/c1-8(2)13-14(20)18-9(3)15(21)19(13)7-10-5-4-6-11(17)12(10)16/h4-6,8-9,13H,7H2,1-3H3,(H,18,20). The van der Waals surface area contributed by atoms with Gasteiger partial charge in [0.25, 0.3) is 0 Å². The van der Waals surface area contributed by atoms with E-state index in [2.05, 4.69) is 5.32 Å². The molecular formula is C15H18ClFN2O2. The lowest BCUT2D eigenvalue weighted by atomic mass is 9.96. The predicted octanol–water partition coefficient (Wildman–Crippen LogP) is 2.35. The van der Waals surface area contributed by atoms with E-state index in [1.165, 1.54) is 11.0 Å². The van der Waals surface area contributed by atoms with E-state index in [-0.39, 0.29) is 29.3 Å². The second-order valence-electron chi connectivity index (χ2n) is 5.60. The summed E-state index contributed by atoms with van der Waals surface area (Å²) in [4.78, 5) is 26.0. The normalized spacial score (nSPS) is 22.7. The maximum absolute atomic E-state index is 13.5. The zero-order valence-electron chi connectivity index (χ0n) is 12.2. The van der Waals surface area contributed by atoms with Crippen LogP contribution in [0.2, 0.25) is 5.02 Å². The Morgan fingerprint density at radius 1 is 1.38 bits per heavy atom. The molecule has 1 heterocycles. The summed E-state index contributed by atoms with van der Waals surface area (Å²) < 4.78 is 13.5. The number of carbonyl (C=O) groups is 2. The Morgan fingerprint density at radius 2 is 2.05 bits per heavy atom. The summed E-state index contributed by atoms with van der Waals surface area (Å²) in [5.74, 6) is -0.954. The van der Waals surface area contributed by atoms with E-state index >= 15 is 0 Å². The van der Waals surface area contributed by atoms with Crippen molar-refractivity contribution in [3.05, 3.63) is 34.6 Å². The SMILES string of the molecule is CC1NC(=O)C(C(C)C)N(Cc2cccc(F)c2Cl)C1=O. The molecule has 1 N–H and O–H groups in total. The number of piperazine rings is 1. The quantitative estimate of drug-likeness (QED) is 0.931. The zero-order chi connectivity index (χ0) is 15.7. The lowest BCUT2D eigenvalue weighted by Crippen LogP contribution is -2.63. The van der Waals surface area contributed by atoms with Crippen LogP contribution in [0.5, 0.6) is 0 Å². The summed E-state index contributed by atoms with van der Waals surface area (Å²) in [6.07, 6.45) is 0. The minimum absolute atomic E-state index is 0.00793. The van der Waals surface area contributed by atoms with Crippen LogP contribution >= 0.6 is 11.6 Å². The Bertz CT molecular complexity index is 577. The smallest absolute Gasteiger partial charge is 0.245 e. The fourth-order valence-electron chi connectivity index (χ4n) is 2.58. The van der Waals surface area contributed by atoms with Crippen molar-refractivity contribution in [1.29, 1.82) is 0 Å². The molecule has 6 heteroatoms. The van der Waals surface area contributed by atoms with Crippen molar-refractivity contribution in [2.75, 3.05) is 0 Å². The highest BCUT2D eigenvalue weighted by molar-refractivity contribution is 6.31. The largest absolute Gasteiger partial charge is 0.343 e. The fourth-order valence-corrected chi connectivity index (χ4v) is 2.77. The fraction of sp³-hybridized carbons (Fsp3) is 0.467. The molecule has 0 aromatic heterocycles. The van der Waals surface area contributed by atoms with E-state index < -0.39 is 17.9 Å². The van der Waals surface area contributed by atoms with Crippen LogP contribution in [0.15, 0.2) is 18.2 Å². The van der Waals surface area contributed by atoms with Crippen LogP contribution < -0.4 is 5.32 Å². The number of hydrogen-bond donors (Lipinski definition) is 1. The number of nitrogens with one attached hydrogen (secondary N) is 1. The molecule has 2 unspecified atom stereocenters. The molecule has 1 aliphatic heterocycles. The van der Waals surface area contributed by atoms with Gasteiger partial charge in [0.2, 0.25) is 11.8 Å². The molecule has 2 rings (SSSR count). The van der Waals surface area contributed by atoms with E-state index in [0.717, 1.165) is 0 Å². The number of carbonyl (C=O) groups excluding carboxylic acids is 2. The Hall–Kier alpha value is -1.62. The highest BCUT2D eigenvalue weighted by Crippen LogP contribution is 2.25. The number of amides is 2. The van der Waals surface area contributed by atoms with Gasteiger partial charge in [-0.05, 0) is 24.5 Å². The third kappa shape index (κ3) is 3.02. The minimum atomic E-state index is -0.583. The summed E-state index contributed by atoms with van der Waals surface area (Å²) in [6, 6.07) is 3.30. The molecule has 0 saturated carbocycles. The van der Waals surface area contributed by atoms with Crippen molar-refractivity contribution in [2.24, 2.45) is 5.92 Å². The maximum Gasteiger partial charge on any atom is 0.245 e. The lowest BCUT2D eigenvalue weighted by molar-refractivity contribution is -0.151. The van der Waals surface area contributed by atoms with Gasteiger partial charge >= 0.3 is 0 Å². The van der Waals surface area contributed by atoms with Crippen LogP contribution in [0.1, 0.15) is 26.3 Å². The monoisotopic (exact) mass is 312 g/mol. The highest BCUT2D eigenvalue weighted by Gasteiger charge is 2.40. The van der Waals surface area contributed by atoms with Gasteiger partial charge in [0.1, 0.15) is 17.9 Å². The number of nitrogens with zero attached hydrogens (tertiary/aromatic N) is 1. The van der Waals surface area contributed by atoms with Gasteiger partial charge in [-0.2, -0.15) is 0 Å². The van der Waals surface area contributed by atoms with Crippen LogP contribution in [-0.2, 0) is 16.1 Å². The molecule has 0 radical (unpaired) electrons. The van der Waals surface area contributed by atoms with Crippen molar-refractivity contribution >= 4 is 23.4 Å². The van der Waals surface area contributed by atoms with Crippen molar-refractivity contribution in [1.82, 2.24) is 10.2 Å². The molecule has 1 aromatic rings. The molecule has 114 valence electrons. The van der Waals surface area contributed by atoms with Crippen molar-refractivity contribution < 1.29 is 14.0 Å².